The third-order valence-electron chi connectivity index (χ3n) is 2.89. The fraction of sp³-hybridized carbons (Fsp3) is 1.00. The van der Waals surface area contributed by atoms with Crippen molar-refractivity contribution in [3.63, 3.8) is 0 Å². The summed E-state index contributed by atoms with van der Waals surface area (Å²) in [6.07, 6.45) is 10.9. The van der Waals surface area contributed by atoms with Crippen LogP contribution >= 0.6 is 8.58 Å². The summed E-state index contributed by atoms with van der Waals surface area (Å²) in [5.74, 6) is 0. The molecule has 9 heavy (non-hydrogen) atoms. The van der Waals surface area contributed by atoms with Crippen molar-refractivity contribution < 1.29 is 0 Å². The second-order valence-electron chi connectivity index (χ2n) is 3.52. The summed E-state index contributed by atoms with van der Waals surface area (Å²) < 4.78 is 0. The van der Waals surface area contributed by atoms with Crippen LogP contribution in [0.15, 0.2) is 0 Å². The van der Waals surface area contributed by atoms with Crippen molar-refractivity contribution in [3.05, 3.63) is 0 Å². The number of hydrogen-bond acceptors (Lipinski definition) is 0. The van der Waals surface area contributed by atoms with Crippen LogP contribution in [0.5, 0.6) is 0 Å². The van der Waals surface area contributed by atoms with Gasteiger partial charge in [-0.1, -0.05) is 12.8 Å². The minimum absolute atomic E-state index is 0.917. The molecule has 1 heterocycles. The van der Waals surface area contributed by atoms with Crippen molar-refractivity contribution in [3.8, 4) is 0 Å². The Morgan fingerprint density at radius 3 is 2.11 bits per heavy atom. The summed E-state index contributed by atoms with van der Waals surface area (Å²) in [6, 6.07) is 0. The van der Waals surface area contributed by atoms with E-state index in [1.54, 1.807) is 31.8 Å². The maximum Gasteiger partial charge on any atom is -0.0122 e. The second kappa shape index (κ2) is 2.23. The summed E-state index contributed by atoms with van der Waals surface area (Å²) in [5, 5.41) is 0.917. The van der Waals surface area contributed by atoms with Gasteiger partial charge in [0.15, 0.2) is 0 Å². The van der Waals surface area contributed by atoms with Crippen molar-refractivity contribution >= 4 is 8.58 Å². The van der Waals surface area contributed by atoms with E-state index in [0.717, 1.165) is 5.16 Å². The molecule has 2 fully saturated rings. The topological polar surface area (TPSA) is 0 Å². The normalized spacial score (nSPS) is 34.7. The van der Waals surface area contributed by atoms with Crippen LogP contribution in [-0.4, -0.2) is 11.3 Å². The zero-order valence-electron chi connectivity index (χ0n) is 5.95. The summed E-state index contributed by atoms with van der Waals surface area (Å²) in [6.45, 7) is 0. The minimum Gasteiger partial charge on any atom is -0.116 e. The first-order valence-corrected chi connectivity index (χ1v) is 5.37. The molecule has 0 aromatic heterocycles. The average Bonchev–Trinajstić information content (AvgIpc) is 2.45. The summed E-state index contributed by atoms with van der Waals surface area (Å²) in [5.41, 5.74) is 0. The van der Waals surface area contributed by atoms with E-state index in [-0.39, 0.29) is 0 Å². The van der Waals surface area contributed by atoms with Gasteiger partial charge in [0.2, 0.25) is 0 Å². The molecule has 0 aromatic carbocycles. The average molecular weight is 142 g/mol. The van der Waals surface area contributed by atoms with E-state index < -0.39 is 0 Å². The smallest absolute Gasteiger partial charge is 0.0122 e. The first-order valence-electron chi connectivity index (χ1n) is 4.16. The number of rotatable bonds is 0. The quantitative estimate of drug-likeness (QED) is 0.456. The Kier molecular flexibility index (Phi) is 1.53. The monoisotopic (exact) mass is 142 g/mol. The highest BCUT2D eigenvalue weighted by atomic mass is 31.1. The molecule has 0 nitrogen and oxygen atoms in total. The molecule has 0 radical (unpaired) electrons. The lowest BCUT2D eigenvalue weighted by atomic mass is 10.0. The van der Waals surface area contributed by atoms with Gasteiger partial charge in [0.05, 0.1) is 0 Å². The molecule has 1 spiro atoms. The van der Waals surface area contributed by atoms with Crippen molar-refractivity contribution in [2.45, 2.75) is 43.7 Å². The van der Waals surface area contributed by atoms with Crippen LogP contribution in [0.4, 0.5) is 0 Å². The molecule has 1 saturated carbocycles. The van der Waals surface area contributed by atoms with Crippen molar-refractivity contribution in [1.29, 1.82) is 0 Å². The van der Waals surface area contributed by atoms with Gasteiger partial charge < -0.3 is 0 Å². The molecular weight excluding hydrogens is 127 g/mol. The fourth-order valence-corrected chi connectivity index (χ4v) is 4.29. The van der Waals surface area contributed by atoms with E-state index in [1.165, 1.54) is 21.4 Å². The summed E-state index contributed by atoms with van der Waals surface area (Å²) >= 11 is 0. The van der Waals surface area contributed by atoms with Crippen LogP contribution in [-0.2, 0) is 0 Å². The standard InChI is InChI=1S/C8H15P/c1-2-5-8(4-1)6-3-7-9-8/h9H,1-7H2. The summed E-state index contributed by atoms with van der Waals surface area (Å²) in [4.78, 5) is 0. The van der Waals surface area contributed by atoms with E-state index in [0.29, 0.717) is 0 Å². The van der Waals surface area contributed by atoms with Crippen molar-refractivity contribution in [2.24, 2.45) is 0 Å². The Balaban J connectivity index is 2.04. The lowest BCUT2D eigenvalue weighted by Crippen LogP contribution is -2.12. The van der Waals surface area contributed by atoms with E-state index in [4.69, 9.17) is 0 Å². The maximum absolute atomic E-state index is 1.57. The van der Waals surface area contributed by atoms with Crippen LogP contribution in [0, 0.1) is 0 Å². The zero-order chi connectivity index (χ0) is 6.16. The Hall–Kier alpha value is 0.430. The van der Waals surface area contributed by atoms with Crippen LogP contribution in [0.25, 0.3) is 0 Å². The van der Waals surface area contributed by atoms with E-state index in [1.807, 2.05) is 0 Å². The van der Waals surface area contributed by atoms with Crippen LogP contribution in [0.3, 0.4) is 0 Å². The fourth-order valence-electron chi connectivity index (χ4n) is 2.35. The van der Waals surface area contributed by atoms with Crippen LogP contribution in [0.2, 0.25) is 0 Å². The minimum atomic E-state index is 0.917. The van der Waals surface area contributed by atoms with Gasteiger partial charge in [0.25, 0.3) is 0 Å². The molecule has 2 aliphatic rings. The molecule has 1 atom stereocenters. The Labute approximate surface area is 59.2 Å². The van der Waals surface area contributed by atoms with Gasteiger partial charge in [-0.3, -0.25) is 0 Å². The lowest BCUT2D eigenvalue weighted by molar-refractivity contribution is 0.574. The predicted octanol–water partition coefficient (Wildman–Crippen LogP) is 2.77. The van der Waals surface area contributed by atoms with E-state index in [2.05, 4.69) is 0 Å². The lowest BCUT2D eigenvalue weighted by Gasteiger charge is -2.20. The van der Waals surface area contributed by atoms with Crippen LogP contribution < -0.4 is 0 Å². The van der Waals surface area contributed by atoms with Gasteiger partial charge in [0, 0.05) is 0 Å². The highest BCUT2D eigenvalue weighted by molar-refractivity contribution is 7.40. The van der Waals surface area contributed by atoms with Gasteiger partial charge in [-0.2, -0.15) is 0 Å². The molecule has 0 aromatic rings. The molecule has 1 aliphatic carbocycles. The second-order valence-corrected chi connectivity index (χ2v) is 5.43. The van der Waals surface area contributed by atoms with Crippen LogP contribution in [0.1, 0.15) is 38.5 Å². The molecule has 52 valence electrons. The molecule has 1 heteroatoms. The highest BCUT2D eigenvalue weighted by Gasteiger charge is 2.35. The van der Waals surface area contributed by atoms with E-state index in [9.17, 15) is 0 Å². The Bertz CT molecular complexity index is 79.6. The first kappa shape index (κ1) is 6.16. The van der Waals surface area contributed by atoms with Gasteiger partial charge >= 0.3 is 0 Å². The molecule has 1 saturated heterocycles. The van der Waals surface area contributed by atoms with Gasteiger partial charge in [0.1, 0.15) is 0 Å². The highest BCUT2D eigenvalue weighted by Crippen LogP contribution is 2.53. The van der Waals surface area contributed by atoms with Gasteiger partial charge in [-0.15, -0.1) is 8.58 Å². The van der Waals surface area contributed by atoms with E-state index >= 15 is 0 Å². The third kappa shape index (κ3) is 1.03. The Morgan fingerprint density at radius 1 is 0.889 bits per heavy atom. The van der Waals surface area contributed by atoms with Crippen molar-refractivity contribution in [1.82, 2.24) is 0 Å². The molecule has 0 bridgehead atoms. The van der Waals surface area contributed by atoms with Crippen molar-refractivity contribution in [2.75, 3.05) is 6.16 Å². The molecule has 1 unspecified atom stereocenters. The summed E-state index contributed by atoms with van der Waals surface area (Å²) in [7, 11) is 1.33. The molecule has 0 N–H and O–H groups in total. The SMILES string of the molecule is C1CCC2(C1)CCCP2. The Morgan fingerprint density at radius 2 is 1.56 bits per heavy atom. The zero-order valence-corrected chi connectivity index (χ0v) is 6.95. The maximum atomic E-state index is 1.57. The van der Waals surface area contributed by atoms with Gasteiger partial charge in [-0.05, 0) is 37.0 Å². The molecular formula is C8H15P. The largest absolute Gasteiger partial charge is 0.116 e. The predicted molar refractivity (Wildman–Crippen MR) is 43.6 cm³/mol. The third-order valence-corrected chi connectivity index (χ3v) is 5.00. The first-order chi connectivity index (χ1) is 4.41. The molecule has 0 amide bonds. The number of hydrogen-bond donors (Lipinski definition) is 0. The van der Waals surface area contributed by atoms with Gasteiger partial charge in [-0.25, -0.2) is 0 Å². The molecule has 2 rings (SSSR count). The molecule has 1 aliphatic heterocycles.